The van der Waals surface area contributed by atoms with Gasteiger partial charge in [0.25, 0.3) is 5.69 Å². The number of halogens is 1. The van der Waals surface area contributed by atoms with Gasteiger partial charge in [-0.3, -0.25) is 10.1 Å². The zero-order valence-electron chi connectivity index (χ0n) is 9.82. The molecule has 6 nitrogen and oxygen atoms in total. The summed E-state index contributed by atoms with van der Waals surface area (Å²) in [6.45, 7) is 0. The molecule has 0 spiro atoms. The summed E-state index contributed by atoms with van der Waals surface area (Å²) < 4.78 is 0. The highest BCUT2D eigenvalue weighted by molar-refractivity contribution is 7.99. The number of aromatic carboxylic acids is 1. The second-order valence-corrected chi connectivity index (χ2v) is 5.10. The maximum atomic E-state index is 11.0. The molecule has 0 aliphatic carbocycles. The number of pyridine rings is 1. The summed E-state index contributed by atoms with van der Waals surface area (Å²) in [5, 5.41) is 20.7. The van der Waals surface area contributed by atoms with Gasteiger partial charge in [0, 0.05) is 17.2 Å². The molecule has 2 aromatic rings. The van der Waals surface area contributed by atoms with E-state index in [0.29, 0.717) is 14.9 Å². The summed E-state index contributed by atoms with van der Waals surface area (Å²) in [5.74, 6) is -1.36. The minimum Gasteiger partial charge on any atom is -0.477 e. The van der Waals surface area contributed by atoms with Crippen LogP contribution in [0.15, 0.2) is 46.5 Å². The van der Waals surface area contributed by atoms with Gasteiger partial charge in [-0.1, -0.05) is 23.4 Å². The van der Waals surface area contributed by atoms with Crippen molar-refractivity contribution in [2.75, 3.05) is 0 Å². The number of aromatic nitrogens is 1. The number of carboxylic acid groups (broad SMARTS) is 1. The zero-order chi connectivity index (χ0) is 14.7. The van der Waals surface area contributed by atoms with Crippen molar-refractivity contribution in [1.29, 1.82) is 0 Å². The van der Waals surface area contributed by atoms with Crippen molar-refractivity contribution in [2.24, 2.45) is 0 Å². The Balaban J connectivity index is 2.40. The van der Waals surface area contributed by atoms with E-state index in [0.717, 1.165) is 17.8 Å². The number of rotatable bonds is 4. The summed E-state index contributed by atoms with van der Waals surface area (Å²) >= 11 is 7.09. The number of nitro groups is 1. The average Bonchev–Trinajstić information content (AvgIpc) is 2.41. The second-order valence-electron chi connectivity index (χ2n) is 3.63. The predicted octanol–water partition coefficient (Wildman–Crippen LogP) is 3.49. The number of hydrogen-bond acceptors (Lipinski definition) is 5. The number of nitro benzene ring substituents is 1. The molecule has 8 heteroatoms. The number of carbonyl (C=O) groups is 1. The van der Waals surface area contributed by atoms with Crippen molar-refractivity contribution in [2.45, 2.75) is 9.92 Å². The van der Waals surface area contributed by atoms with Crippen molar-refractivity contribution in [3.05, 3.63) is 57.2 Å². The van der Waals surface area contributed by atoms with Gasteiger partial charge in [-0.15, -0.1) is 0 Å². The highest BCUT2D eigenvalue weighted by atomic mass is 35.5. The third kappa shape index (κ3) is 3.06. The molecule has 1 aromatic heterocycles. The van der Waals surface area contributed by atoms with Gasteiger partial charge >= 0.3 is 5.97 Å². The normalized spacial score (nSPS) is 10.2. The lowest BCUT2D eigenvalue weighted by Gasteiger charge is -2.04. The Morgan fingerprint density at radius 1 is 1.40 bits per heavy atom. The first-order valence-electron chi connectivity index (χ1n) is 5.29. The van der Waals surface area contributed by atoms with Crippen LogP contribution in [0.2, 0.25) is 5.02 Å². The number of nitrogens with zero attached hydrogens (tertiary/aromatic N) is 2. The third-order valence-electron chi connectivity index (χ3n) is 2.33. The Morgan fingerprint density at radius 3 is 2.75 bits per heavy atom. The molecule has 0 saturated heterocycles. The fourth-order valence-corrected chi connectivity index (χ4v) is 2.52. The van der Waals surface area contributed by atoms with Crippen LogP contribution in [-0.2, 0) is 0 Å². The SMILES string of the molecule is O=C(O)c1cc(Sc2ncccc2Cl)ccc1[N+](=O)[O-]. The molecule has 0 bridgehead atoms. The van der Waals surface area contributed by atoms with E-state index in [1.54, 1.807) is 18.3 Å². The molecular formula is C12H7ClN2O4S. The number of carboxylic acids is 1. The Bertz CT molecular complexity index is 693. The molecule has 0 aliphatic heterocycles. The van der Waals surface area contributed by atoms with E-state index < -0.39 is 16.6 Å². The molecule has 1 heterocycles. The smallest absolute Gasteiger partial charge is 0.342 e. The van der Waals surface area contributed by atoms with Gasteiger partial charge in [0.1, 0.15) is 10.6 Å². The minimum atomic E-state index is -1.36. The van der Waals surface area contributed by atoms with E-state index in [1.807, 2.05) is 0 Å². The lowest BCUT2D eigenvalue weighted by Crippen LogP contribution is -2.02. The van der Waals surface area contributed by atoms with Crippen LogP contribution in [0.4, 0.5) is 5.69 Å². The minimum absolute atomic E-state index is 0.368. The predicted molar refractivity (Wildman–Crippen MR) is 73.4 cm³/mol. The zero-order valence-corrected chi connectivity index (χ0v) is 11.4. The fourth-order valence-electron chi connectivity index (χ4n) is 1.47. The van der Waals surface area contributed by atoms with Crippen molar-refractivity contribution in [1.82, 2.24) is 4.98 Å². The molecule has 2 rings (SSSR count). The van der Waals surface area contributed by atoms with E-state index in [4.69, 9.17) is 16.7 Å². The first-order chi connectivity index (χ1) is 9.49. The highest BCUT2D eigenvalue weighted by Gasteiger charge is 2.20. The van der Waals surface area contributed by atoms with Crippen LogP contribution >= 0.6 is 23.4 Å². The maximum absolute atomic E-state index is 11.0. The van der Waals surface area contributed by atoms with E-state index in [-0.39, 0.29) is 5.56 Å². The summed E-state index contributed by atoms with van der Waals surface area (Å²) in [5.41, 5.74) is -0.818. The molecule has 0 amide bonds. The Morgan fingerprint density at radius 2 is 2.15 bits per heavy atom. The molecule has 0 unspecified atom stereocenters. The summed E-state index contributed by atoms with van der Waals surface area (Å²) in [6.07, 6.45) is 1.55. The van der Waals surface area contributed by atoms with Crippen LogP contribution in [0.3, 0.4) is 0 Å². The van der Waals surface area contributed by atoms with E-state index >= 15 is 0 Å². The average molecular weight is 311 g/mol. The van der Waals surface area contributed by atoms with Gasteiger partial charge in [-0.05, 0) is 24.3 Å². The summed E-state index contributed by atoms with van der Waals surface area (Å²) in [6, 6.07) is 7.17. The van der Waals surface area contributed by atoms with Crippen molar-refractivity contribution >= 4 is 35.0 Å². The third-order valence-corrected chi connectivity index (χ3v) is 3.76. The topological polar surface area (TPSA) is 93.3 Å². The monoisotopic (exact) mass is 310 g/mol. The van der Waals surface area contributed by atoms with Crippen LogP contribution in [0.1, 0.15) is 10.4 Å². The maximum Gasteiger partial charge on any atom is 0.342 e. The first-order valence-corrected chi connectivity index (χ1v) is 6.48. The lowest BCUT2D eigenvalue weighted by molar-refractivity contribution is -0.385. The van der Waals surface area contributed by atoms with Crippen LogP contribution in [0, 0.1) is 10.1 Å². The number of hydrogen-bond donors (Lipinski definition) is 1. The fraction of sp³-hybridized carbons (Fsp3) is 0. The van der Waals surface area contributed by atoms with Gasteiger partial charge in [0.15, 0.2) is 0 Å². The van der Waals surface area contributed by atoms with Gasteiger partial charge in [0.05, 0.1) is 9.95 Å². The first kappa shape index (κ1) is 14.3. The quantitative estimate of drug-likeness (QED) is 0.686. The molecule has 1 N–H and O–H groups in total. The van der Waals surface area contributed by atoms with Crippen molar-refractivity contribution in [3.63, 3.8) is 0 Å². The van der Waals surface area contributed by atoms with Crippen LogP contribution in [0.5, 0.6) is 0 Å². The molecule has 0 aliphatic rings. The molecule has 20 heavy (non-hydrogen) atoms. The van der Waals surface area contributed by atoms with E-state index in [1.165, 1.54) is 12.1 Å². The number of benzene rings is 1. The van der Waals surface area contributed by atoms with Crippen LogP contribution in [-0.4, -0.2) is 21.0 Å². The lowest BCUT2D eigenvalue weighted by atomic mass is 10.2. The Labute approximate surface area is 122 Å². The van der Waals surface area contributed by atoms with Crippen molar-refractivity contribution < 1.29 is 14.8 Å². The van der Waals surface area contributed by atoms with Crippen LogP contribution in [0.25, 0.3) is 0 Å². The second kappa shape index (κ2) is 5.89. The van der Waals surface area contributed by atoms with Gasteiger partial charge in [-0.25, -0.2) is 9.78 Å². The highest BCUT2D eigenvalue weighted by Crippen LogP contribution is 2.33. The molecule has 1 aromatic carbocycles. The molecule has 102 valence electrons. The summed E-state index contributed by atoms with van der Waals surface area (Å²) in [7, 11) is 0. The molecule has 0 radical (unpaired) electrons. The molecule has 0 atom stereocenters. The van der Waals surface area contributed by atoms with Gasteiger partial charge in [-0.2, -0.15) is 0 Å². The summed E-state index contributed by atoms with van der Waals surface area (Å²) in [4.78, 5) is 25.6. The Hall–Kier alpha value is -2.12. The van der Waals surface area contributed by atoms with Crippen molar-refractivity contribution in [3.8, 4) is 0 Å². The standard InChI is InChI=1S/C12H7ClN2O4S/c13-9-2-1-5-14-11(9)20-7-3-4-10(15(18)19)8(6-7)12(16)17/h1-6H,(H,16,17). The van der Waals surface area contributed by atoms with Gasteiger partial charge in [0.2, 0.25) is 0 Å². The molecular weight excluding hydrogens is 304 g/mol. The van der Waals surface area contributed by atoms with Gasteiger partial charge < -0.3 is 5.11 Å². The Kier molecular flexibility index (Phi) is 4.21. The van der Waals surface area contributed by atoms with E-state index in [9.17, 15) is 14.9 Å². The largest absolute Gasteiger partial charge is 0.477 e. The van der Waals surface area contributed by atoms with Crippen LogP contribution < -0.4 is 0 Å². The molecule has 0 fully saturated rings. The van der Waals surface area contributed by atoms with E-state index in [2.05, 4.69) is 4.98 Å². The molecule has 0 saturated carbocycles.